The summed E-state index contributed by atoms with van der Waals surface area (Å²) in [4.78, 5) is 14.5. The molecule has 2 fully saturated rings. The first-order valence-corrected chi connectivity index (χ1v) is 6.48. The molecule has 1 saturated heterocycles. The Morgan fingerprint density at radius 2 is 2.12 bits per heavy atom. The predicted octanol–water partition coefficient (Wildman–Crippen LogP) is 2.00. The third-order valence-electron chi connectivity index (χ3n) is 3.86. The van der Waals surface area contributed by atoms with E-state index < -0.39 is 0 Å². The van der Waals surface area contributed by atoms with Gasteiger partial charge in [0.2, 0.25) is 0 Å². The molecule has 2 aliphatic rings. The van der Waals surface area contributed by atoms with E-state index in [4.69, 9.17) is 4.74 Å². The van der Waals surface area contributed by atoms with Crippen molar-refractivity contribution in [2.24, 2.45) is 0 Å². The molecular formula is C13H23NO2. The fourth-order valence-electron chi connectivity index (χ4n) is 2.92. The average molecular weight is 225 g/mol. The lowest BCUT2D eigenvalue weighted by Crippen LogP contribution is -2.59. The smallest absolute Gasteiger partial charge is 0.149 e. The molecule has 1 aliphatic heterocycles. The van der Waals surface area contributed by atoms with E-state index in [0.29, 0.717) is 5.78 Å². The number of hydrogen-bond acceptors (Lipinski definition) is 3. The van der Waals surface area contributed by atoms with Crippen LogP contribution in [0.1, 0.15) is 46.0 Å². The first kappa shape index (κ1) is 12.1. The van der Waals surface area contributed by atoms with Gasteiger partial charge in [-0.05, 0) is 26.7 Å². The summed E-state index contributed by atoms with van der Waals surface area (Å²) in [6, 6.07) is 0.154. The quantitative estimate of drug-likeness (QED) is 0.639. The van der Waals surface area contributed by atoms with Crippen molar-refractivity contribution in [3.05, 3.63) is 0 Å². The zero-order valence-corrected chi connectivity index (χ0v) is 10.5. The van der Waals surface area contributed by atoms with Crippen LogP contribution in [0.5, 0.6) is 0 Å². The lowest BCUT2D eigenvalue weighted by atomic mass is 9.95. The topological polar surface area (TPSA) is 29.5 Å². The van der Waals surface area contributed by atoms with E-state index in [1.807, 2.05) is 0 Å². The van der Waals surface area contributed by atoms with Gasteiger partial charge in [0, 0.05) is 18.5 Å². The number of rotatable bonds is 1. The second-order valence-electron chi connectivity index (χ2n) is 5.64. The Morgan fingerprint density at radius 3 is 2.88 bits per heavy atom. The number of ether oxygens (including phenoxy) is 1. The van der Waals surface area contributed by atoms with Crippen LogP contribution in [0.25, 0.3) is 0 Å². The first-order valence-electron chi connectivity index (χ1n) is 6.48. The van der Waals surface area contributed by atoms with Gasteiger partial charge in [-0.2, -0.15) is 0 Å². The molecule has 0 spiro atoms. The minimum absolute atomic E-state index is 0.0168. The average Bonchev–Trinajstić information content (AvgIpc) is 2.43. The normalized spacial score (nSPS) is 32.4. The Hall–Kier alpha value is -0.410. The van der Waals surface area contributed by atoms with Crippen LogP contribution < -0.4 is 0 Å². The van der Waals surface area contributed by atoms with Gasteiger partial charge in [-0.3, -0.25) is 9.69 Å². The maximum absolute atomic E-state index is 12.1. The van der Waals surface area contributed by atoms with Crippen molar-refractivity contribution in [1.29, 1.82) is 0 Å². The Kier molecular flexibility index (Phi) is 3.65. The molecule has 1 saturated carbocycles. The van der Waals surface area contributed by atoms with Gasteiger partial charge in [0.05, 0.1) is 19.3 Å². The van der Waals surface area contributed by atoms with Crippen LogP contribution in [0.4, 0.5) is 0 Å². The second-order valence-corrected chi connectivity index (χ2v) is 5.64. The van der Waals surface area contributed by atoms with E-state index in [-0.39, 0.29) is 11.6 Å². The van der Waals surface area contributed by atoms with E-state index in [0.717, 1.165) is 39.0 Å². The van der Waals surface area contributed by atoms with Crippen LogP contribution in [0.2, 0.25) is 0 Å². The molecule has 0 radical (unpaired) electrons. The summed E-state index contributed by atoms with van der Waals surface area (Å²) in [5.41, 5.74) is 0.0168. The van der Waals surface area contributed by atoms with Gasteiger partial charge in [-0.15, -0.1) is 0 Å². The van der Waals surface area contributed by atoms with Crippen LogP contribution in [0.3, 0.4) is 0 Å². The van der Waals surface area contributed by atoms with Crippen molar-refractivity contribution in [3.63, 3.8) is 0 Å². The number of morpholine rings is 1. The first-order chi connectivity index (χ1) is 7.61. The van der Waals surface area contributed by atoms with Crippen LogP contribution >= 0.6 is 0 Å². The summed E-state index contributed by atoms with van der Waals surface area (Å²) in [5.74, 6) is 0.451. The monoisotopic (exact) mass is 225 g/mol. The Morgan fingerprint density at radius 1 is 1.31 bits per heavy atom. The third kappa shape index (κ3) is 2.46. The van der Waals surface area contributed by atoms with Crippen molar-refractivity contribution >= 4 is 5.78 Å². The van der Waals surface area contributed by atoms with E-state index in [1.165, 1.54) is 12.8 Å². The highest BCUT2D eigenvalue weighted by molar-refractivity contribution is 5.84. The Bertz CT molecular complexity index is 263. The molecule has 1 heterocycles. The number of nitrogens with zero attached hydrogens (tertiary/aromatic N) is 1. The molecule has 0 amide bonds. The molecule has 0 aromatic carbocycles. The van der Waals surface area contributed by atoms with Crippen LogP contribution in [-0.2, 0) is 9.53 Å². The summed E-state index contributed by atoms with van der Waals surface area (Å²) in [6.45, 7) is 6.79. The van der Waals surface area contributed by atoms with Gasteiger partial charge in [-0.1, -0.05) is 12.8 Å². The molecule has 3 heteroatoms. The molecule has 2 rings (SSSR count). The molecule has 1 aliphatic carbocycles. The number of carbonyl (C=O) groups excluding carboxylic acids is 1. The molecule has 0 aromatic heterocycles. The highest BCUT2D eigenvalue weighted by Gasteiger charge is 2.38. The van der Waals surface area contributed by atoms with E-state index in [9.17, 15) is 4.79 Å². The van der Waals surface area contributed by atoms with Gasteiger partial charge in [0.15, 0.2) is 0 Å². The number of hydrogen-bond donors (Lipinski definition) is 0. The highest BCUT2D eigenvalue weighted by atomic mass is 16.5. The molecule has 92 valence electrons. The minimum Gasteiger partial charge on any atom is -0.378 e. The zero-order valence-electron chi connectivity index (χ0n) is 10.5. The van der Waals surface area contributed by atoms with E-state index in [1.54, 1.807) is 0 Å². The summed E-state index contributed by atoms with van der Waals surface area (Å²) in [7, 11) is 0. The van der Waals surface area contributed by atoms with Gasteiger partial charge >= 0.3 is 0 Å². The van der Waals surface area contributed by atoms with E-state index >= 15 is 0 Å². The van der Waals surface area contributed by atoms with Gasteiger partial charge < -0.3 is 4.74 Å². The predicted molar refractivity (Wildman–Crippen MR) is 63.5 cm³/mol. The molecule has 16 heavy (non-hydrogen) atoms. The summed E-state index contributed by atoms with van der Waals surface area (Å²) in [6.07, 6.45) is 5.32. The van der Waals surface area contributed by atoms with Crippen molar-refractivity contribution in [2.45, 2.75) is 57.5 Å². The standard InChI is InChI=1S/C13H23NO2/c1-13(2)10-16-9-8-14(13)11-6-4-3-5-7-12(11)15/h11H,3-10H2,1-2H3. The van der Waals surface area contributed by atoms with Crippen molar-refractivity contribution < 1.29 is 9.53 Å². The highest BCUT2D eigenvalue weighted by Crippen LogP contribution is 2.27. The largest absolute Gasteiger partial charge is 0.378 e. The summed E-state index contributed by atoms with van der Waals surface area (Å²) in [5, 5.41) is 0. The van der Waals surface area contributed by atoms with Crippen LogP contribution in [0, 0.1) is 0 Å². The fraction of sp³-hybridized carbons (Fsp3) is 0.923. The third-order valence-corrected chi connectivity index (χ3v) is 3.86. The van der Waals surface area contributed by atoms with Gasteiger partial charge in [-0.25, -0.2) is 0 Å². The van der Waals surface area contributed by atoms with Crippen LogP contribution in [0.15, 0.2) is 0 Å². The maximum Gasteiger partial charge on any atom is 0.149 e. The SMILES string of the molecule is CC1(C)COCCN1C1CCCCCC1=O. The Labute approximate surface area is 98.1 Å². The Balaban J connectivity index is 2.11. The van der Waals surface area contributed by atoms with Crippen molar-refractivity contribution in [2.75, 3.05) is 19.8 Å². The lowest BCUT2D eigenvalue weighted by molar-refractivity contribution is -0.133. The molecular weight excluding hydrogens is 202 g/mol. The molecule has 0 N–H and O–H groups in total. The molecule has 1 atom stereocenters. The summed E-state index contributed by atoms with van der Waals surface area (Å²) < 4.78 is 5.52. The van der Waals surface area contributed by atoms with Crippen LogP contribution in [-0.4, -0.2) is 42.0 Å². The second kappa shape index (κ2) is 4.84. The maximum atomic E-state index is 12.1. The summed E-state index contributed by atoms with van der Waals surface area (Å²) >= 11 is 0. The van der Waals surface area contributed by atoms with Crippen molar-refractivity contribution in [1.82, 2.24) is 4.90 Å². The number of carbonyl (C=O) groups is 1. The van der Waals surface area contributed by atoms with E-state index in [2.05, 4.69) is 18.7 Å². The van der Waals surface area contributed by atoms with Crippen molar-refractivity contribution in [3.8, 4) is 0 Å². The molecule has 0 bridgehead atoms. The van der Waals surface area contributed by atoms with Gasteiger partial charge in [0.25, 0.3) is 0 Å². The lowest BCUT2D eigenvalue weighted by Gasteiger charge is -2.45. The minimum atomic E-state index is 0.0168. The number of Topliss-reactive ketones (excluding diaryl/α,β-unsaturated/α-hetero) is 1. The zero-order chi connectivity index (χ0) is 11.6. The number of ketones is 1. The molecule has 0 aromatic rings. The molecule has 1 unspecified atom stereocenters. The fourth-order valence-corrected chi connectivity index (χ4v) is 2.92. The van der Waals surface area contributed by atoms with Gasteiger partial charge in [0.1, 0.15) is 5.78 Å². The molecule has 3 nitrogen and oxygen atoms in total.